The second kappa shape index (κ2) is 7.70. The standard InChI is InChI=1S/C19H23N3O2S/c1-3-21(4-2)19(24)20-15-9-10-16-14(13-15)7-5-11-22(16)18(23)17-8-6-12-25-17/h6,8-10,12-13H,3-5,7,11H2,1-2H3,(H,20,24). The molecular formula is C19H23N3O2S. The van der Waals surface area contributed by atoms with Gasteiger partial charge in [0.1, 0.15) is 0 Å². The molecule has 1 aromatic carbocycles. The highest BCUT2D eigenvalue weighted by atomic mass is 32.1. The fraction of sp³-hybridized carbons (Fsp3) is 0.368. The number of nitrogens with zero attached hydrogens (tertiary/aromatic N) is 2. The van der Waals surface area contributed by atoms with E-state index in [1.807, 2.05) is 54.5 Å². The summed E-state index contributed by atoms with van der Waals surface area (Å²) in [7, 11) is 0. The van der Waals surface area contributed by atoms with Crippen LogP contribution < -0.4 is 10.2 Å². The Morgan fingerprint density at radius 1 is 1.24 bits per heavy atom. The number of fused-ring (bicyclic) bond motifs is 1. The van der Waals surface area contributed by atoms with E-state index >= 15 is 0 Å². The van der Waals surface area contributed by atoms with E-state index in [2.05, 4.69) is 5.32 Å². The molecule has 0 bridgehead atoms. The molecule has 2 heterocycles. The van der Waals surface area contributed by atoms with E-state index in [1.165, 1.54) is 11.3 Å². The van der Waals surface area contributed by atoms with Gasteiger partial charge in [0.25, 0.3) is 5.91 Å². The van der Waals surface area contributed by atoms with Crippen LogP contribution in [-0.4, -0.2) is 36.5 Å². The molecule has 2 aromatic rings. The quantitative estimate of drug-likeness (QED) is 0.891. The Hall–Kier alpha value is -2.34. The Kier molecular flexibility index (Phi) is 5.38. The number of nitrogens with one attached hydrogen (secondary N) is 1. The lowest BCUT2D eigenvalue weighted by Gasteiger charge is -2.29. The number of hydrogen-bond acceptors (Lipinski definition) is 3. The van der Waals surface area contributed by atoms with Crippen molar-refractivity contribution in [3.8, 4) is 0 Å². The van der Waals surface area contributed by atoms with E-state index in [0.717, 1.165) is 41.2 Å². The normalized spacial score (nSPS) is 13.3. The van der Waals surface area contributed by atoms with Crippen LogP contribution in [0.2, 0.25) is 0 Å². The smallest absolute Gasteiger partial charge is 0.321 e. The molecule has 0 atom stereocenters. The van der Waals surface area contributed by atoms with Gasteiger partial charge in [-0.05, 0) is 61.9 Å². The number of rotatable bonds is 4. The van der Waals surface area contributed by atoms with Crippen molar-refractivity contribution >= 4 is 34.6 Å². The average molecular weight is 357 g/mol. The molecule has 1 aliphatic heterocycles. The number of carbonyl (C=O) groups excluding carboxylic acids is 2. The molecule has 0 spiro atoms. The second-order valence-corrected chi connectivity index (χ2v) is 6.93. The Morgan fingerprint density at radius 2 is 2.04 bits per heavy atom. The first-order valence-corrected chi connectivity index (χ1v) is 9.56. The molecular weight excluding hydrogens is 334 g/mol. The molecule has 5 nitrogen and oxygen atoms in total. The van der Waals surface area contributed by atoms with E-state index in [-0.39, 0.29) is 11.9 Å². The van der Waals surface area contributed by atoms with Crippen LogP contribution in [-0.2, 0) is 6.42 Å². The molecule has 0 unspecified atom stereocenters. The molecule has 6 heteroatoms. The third-order valence-electron chi connectivity index (χ3n) is 4.48. The second-order valence-electron chi connectivity index (χ2n) is 5.98. The van der Waals surface area contributed by atoms with Crippen LogP contribution in [0.3, 0.4) is 0 Å². The number of hydrogen-bond donors (Lipinski definition) is 1. The van der Waals surface area contributed by atoms with Gasteiger partial charge in [-0.2, -0.15) is 0 Å². The average Bonchev–Trinajstić information content (AvgIpc) is 3.16. The molecule has 3 rings (SSSR count). The van der Waals surface area contributed by atoms with Crippen molar-refractivity contribution in [1.29, 1.82) is 0 Å². The van der Waals surface area contributed by atoms with Gasteiger partial charge in [0.15, 0.2) is 0 Å². The molecule has 1 aliphatic rings. The predicted molar refractivity (Wildman–Crippen MR) is 103 cm³/mol. The summed E-state index contributed by atoms with van der Waals surface area (Å²) in [6.45, 7) is 6.01. The zero-order valence-corrected chi connectivity index (χ0v) is 15.4. The highest BCUT2D eigenvalue weighted by Gasteiger charge is 2.24. The van der Waals surface area contributed by atoms with Crippen molar-refractivity contribution in [2.75, 3.05) is 29.9 Å². The van der Waals surface area contributed by atoms with Gasteiger partial charge in [-0.1, -0.05) is 6.07 Å². The Balaban J connectivity index is 1.80. The van der Waals surface area contributed by atoms with E-state index < -0.39 is 0 Å². The van der Waals surface area contributed by atoms with Crippen molar-refractivity contribution in [2.45, 2.75) is 26.7 Å². The van der Waals surface area contributed by atoms with Gasteiger partial charge in [0.05, 0.1) is 4.88 Å². The minimum Gasteiger partial charge on any atom is -0.325 e. The fourth-order valence-corrected chi connectivity index (χ4v) is 3.80. The van der Waals surface area contributed by atoms with Crippen LogP contribution in [0.5, 0.6) is 0 Å². The van der Waals surface area contributed by atoms with Gasteiger partial charge in [0, 0.05) is 31.0 Å². The predicted octanol–water partition coefficient (Wildman–Crippen LogP) is 4.21. The Labute approximate surface area is 152 Å². The van der Waals surface area contributed by atoms with Gasteiger partial charge in [0.2, 0.25) is 0 Å². The summed E-state index contributed by atoms with van der Waals surface area (Å²) in [5, 5.41) is 4.87. The number of benzene rings is 1. The Bertz CT molecular complexity index is 754. The zero-order chi connectivity index (χ0) is 17.8. The van der Waals surface area contributed by atoms with Gasteiger partial charge < -0.3 is 15.1 Å². The number of aryl methyl sites for hydroxylation is 1. The molecule has 1 N–H and O–H groups in total. The molecule has 1 aromatic heterocycles. The summed E-state index contributed by atoms with van der Waals surface area (Å²) in [6.07, 6.45) is 1.84. The minimum atomic E-state index is -0.0905. The SMILES string of the molecule is CCN(CC)C(=O)Nc1ccc2c(c1)CCCN2C(=O)c1cccs1. The molecule has 25 heavy (non-hydrogen) atoms. The summed E-state index contributed by atoms with van der Waals surface area (Å²) in [5.41, 5.74) is 2.83. The van der Waals surface area contributed by atoms with Crippen molar-refractivity contribution < 1.29 is 9.59 Å². The zero-order valence-electron chi connectivity index (χ0n) is 14.6. The summed E-state index contributed by atoms with van der Waals surface area (Å²) in [6, 6.07) is 9.48. The molecule has 0 saturated carbocycles. The van der Waals surface area contributed by atoms with Crippen molar-refractivity contribution in [3.05, 3.63) is 46.2 Å². The summed E-state index contributed by atoms with van der Waals surface area (Å²) >= 11 is 1.47. The summed E-state index contributed by atoms with van der Waals surface area (Å²) < 4.78 is 0. The third kappa shape index (κ3) is 3.69. The number of amides is 3. The molecule has 0 saturated heterocycles. The van der Waals surface area contributed by atoms with Crippen molar-refractivity contribution in [2.24, 2.45) is 0 Å². The maximum Gasteiger partial charge on any atom is 0.321 e. The maximum atomic E-state index is 12.7. The largest absolute Gasteiger partial charge is 0.325 e. The maximum absolute atomic E-state index is 12.7. The van der Waals surface area contributed by atoms with E-state index in [0.29, 0.717) is 13.1 Å². The molecule has 3 amide bonds. The molecule has 0 aliphatic carbocycles. The fourth-order valence-electron chi connectivity index (χ4n) is 3.13. The highest BCUT2D eigenvalue weighted by Crippen LogP contribution is 2.31. The lowest BCUT2D eigenvalue weighted by atomic mass is 10.0. The summed E-state index contributed by atoms with van der Waals surface area (Å²) in [4.78, 5) is 29.3. The van der Waals surface area contributed by atoms with E-state index in [1.54, 1.807) is 4.90 Å². The van der Waals surface area contributed by atoms with Gasteiger partial charge in [-0.25, -0.2) is 4.79 Å². The van der Waals surface area contributed by atoms with Crippen LogP contribution in [0, 0.1) is 0 Å². The van der Waals surface area contributed by atoms with Crippen LogP contribution in [0.25, 0.3) is 0 Å². The van der Waals surface area contributed by atoms with E-state index in [9.17, 15) is 9.59 Å². The Morgan fingerprint density at radius 3 is 2.72 bits per heavy atom. The lowest BCUT2D eigenvalue weighted by Crippen LogP contribution is -2.36. The first-order valence-electron chi connectivity index (χ1n) is 8.68. The van der Waals surface area contributed by atoms with Gasteiger partial charge >= 0.3 is 6.03 Å². The van der Waals surface area contributed by atoms with Crippen LogP contribution in [0.4, 0.5) is 16.2 Å². The number of thiophene rings is 1. The summed E-state index contributed by atoms with van der Waals surface area (Å²) in [5.74, 6) is 0.0517. The first-order chi connectivity index (χ1) is 12.1. The van der Waals surface area contributed by atoms with Crippen LogP contribution in [0.1, 0.15) is 35.5 Å². The topological polar surface area (TPSA) is 52.7 Å². The van der Waals surface area contributed by atoms with E-state index in [4.69, 9.17) is 0 Å². The first kappa shape index (κ1) is 17.5. The minimum absolute atomic E-state index is 0.0517. The lowest BCUT2D eigenvalue weighted by molar-refractivity contribution is 0.0989. The number of carbonyl (C=O) groups is 2. The third-order valence-corrected chi connectivity index (χ3v) is 5.34. The van der Waals surface area contributed by atoms with Crippen LogP contribution in [0.15, 0.2) is 35.7 Å². The molecule has 0 radical (unpaired) electrons. The number of urea groups is 1. The van der Waals surface area contributed by atoms with Crippen molar-refractivity contribution in [1.82, 2.24) is 4.90 Å². The van der Waals surface area contributed by atoms with Crippen molar-refractivity contribution in [3.63, 3.8) is 0 Å². The molecule has 132 valence electrons. The van der Waals surface area contributed by atoms with Crippen LogP contribution >= 0.6 is 11.3 Å². The monoisotopic (exact) mass is 357 g/mol. The number of anilines is 2. The highest BCUT2D eigenvalue weighted by molar-refractivity contribution is 7.12. The molecule has 0 fully saturated rings. The van der Waals surface area contributed by atoms with Gasteiger partial charge in [-0.15, -0.1) is 11.3 Å². The van der Waals surface area contributed by atoms with Gasteiger partial charge in [-0.3, -0.25) is 4.79 Å².